The number of nitrogens with zero attached hydrogens (tertiary/aromatic N) is 9. The highest BCUT2D eigenvalue weighted by Crippen LogP contribution is 2.34. The van der Waals surface area contributed by atoms with Crippen LogP contribution in [0.3, 0.4) is 0 Å². The van der Waals surface area contributed by atoms with Crippen LogP contribution in [0, 0.1) is 23.1 Å². The first-order valence-corrected chi connectivity index (χ1v) is 20.4. The van der Waals surface area contributed by atoms with Gasteiger partial charge in [0, 0.05) is 95.2 Å². The second-order valence-electron chi connectivity index (χ2n) is 16.1. The number of benzene rings is 2. The molecule has 6 heterocycles. The summed E-state index contributed by atoms with van der Waals surface area (Å²) < 4.78 is 15.4. The average Bonchev–Trinajstić information content (AvgIpc) is 3.53. The Morgan fingerprint density at radius 1 is 0.948 bits per heavy atom. The van der Waals surface area contributed by atoms with Crippen LogP contribution in [0.25, 0.3) is 0 Å². The first kappa shape index (κ1) is 39.3. The number of halogens is 2. The molecular formula is C41H47ClFN11O4. The topological polar surface area (TPSA) is 161 Å². The van der Waals surface area contributed by atoms with Gasteiger partial charge >= 0.3 is 6.03 Å². The zero-order valence-electron chi connectivity index (χ0n) is 32.7. The fourth-order valence-corrected chi connectivity index (χ4v) is 9.17. The fourth-order valence-electron chi connectivity index (χ4n) is 8.96. The second-order valence-corrected chi connectivity index (χ2v) is 16.5. The largest absolute Gasteiger partial charge is 0.367 e. The Kier molecular flexibility index (Phi) is 11.1. The molecule has 2 N–H and O–H groups in total. The van der Waals surface area contributed by atoms with E-state index in [9.17, 15) is 24.4 Å². The Hall–Kier alpha value is -5.53. The van der Waals surface area contributed by atoms with Gasteiger partial charge in [-0.1, -0.05) is 11.6 Å². The number of imide groups is 1. The lowest BCUT2D eigenvalue weighted by atomic mass is 9.96. The number of piperazine rings is 2. The number of urea groups is 1. The molecule has 4 saturated heterocycles. The molecule has 58 heavy (non-hydrogen) atoms. The lowest BCUT2D eigenvalue weighted by Gasteiger charge is -2.45. The van der Waals surface area contributed by atoms with Crippen molar-refractivity contribution in [1.29, 1.82) is 5.26 Å². The molecule has 0 spiro atoms. The number of fused-ring (bicyclic) bond motifs is 1. The highest BCUT2D eigenvalue weighted by Gasteiger charge is 2.40. The van der Waals surface area contributed by atoms with Gasteiger partial charge in [-0.15, -0.1) is 0 Å². The summed E-state index contributed by atoms with van der Waals surface area (Å²) in [6.07, 6.45) is 5.75. The van der Waals surface area contributed by atoms with Crippen molar-refractivity contribution >= 4 is 58.4 Å². The predicted molar refractivity (Wildman–Crippen MR) is 216 cm³/mol. The molecule has 0 saturated carbocycles. The van der Waals surface area contributed by atoms with Crippen molar-refractivity contribution in [2.24, 2.45) is 5.92 Å². The minimum absolute atomic E-state index is 0.0363. The Morgan fingerprint density at radius 2 is 1.69 bits per heavy atom. The minimum Gasteiger partial charge on any atom is -0.367 e. The van der Waals surface area contributed by atoms with Crippen molar-refractivity contribution in [2.75, 3.05) is 78.9 Å². The van der Waals surface area contributed by atoms with Crippen LogP contribution in [0.5, 0.6) is 0 Å². The van der Waals surface area contributed by atoms with E-state index in [1.54, 1.807) is 30.6 Å². The van der Waals surface area contributed by atoms with Gasteiger partial charge < -0.3 is 29.8 Å². The molecule has 2 aromatic carbocycles. The quantitative estimate of drug-likeness (QED) is 0.331. The van der Waals surface area contributed by atoms with Gasteiger partial charge in [-0.05, 0) is 74.9 Å². The summed E-state index contributed by atoms with van der Waals surface area (Å²) >= 11 is 6.30. The minimum atomic E-state index is -0.732. The monoisotopic (exact) mass is 811 g/mol. The van der Waals surface area contributed by atoms with Crippen LogP contribution in [0.15, 0.2) is 42.7 Å². The molecule has 4 fully saturated rings. The number of hydrogen-bond donors (Lipinski definition) is 2. The zero-order chi connectivity index (χ0) is 40.7. The van der Waals surface area contributed by atoms with Crippen molar-refractivity contribution in [3.8, 4) is 6.07 Å². The van der Waals surface area contributed by atoms with Gasteiger partial charge in [-0.25, -0.2) is 19.2 Å². The van der Waals surface area contributed by atoms with E-state index in [-0.39, 0.29) is 54.9 Å². The van der Waals surface area contributed by atoms with Crippen LogP contribution in [0.2, 0.25) is 5.02 Å². The summed E-state index contributed by atoms with van der Waals surface area (Å²) in [6, 6.07) is 9.60. The fraction of sp³-hybridized carbons (Fsp3) is 0.488. The third-order valence-corrected chi connectivity index (χ3v) is 12.6. The predicted octanol–water partition coefficient (Wildman–Crippen LogP) is 4.07. The lowest BCUT2D eigenvalue weighted by molar-refractivity contribution is -0.136. The van der Waals surface area contributed by atoms with Crippen LogP contribution in [-0.2, 0) is 16.1 Å². The molecule has 3 atom stereocenters. The van der Waals surface area contributed by atoms with E-state index in [2.05, 4.69) is 48.3 Å². The van der Waals surface area contributed by atoms with Gasteiger partial charge in [0.05, 0.1) is 34.4 Å². The van der Waals surface area contributed by atoms with Crippen molar-refractivity contribution in [1.82, 2.24) is 30.0 Å². The number of nitrogens with one attached hydrogen (secondary N) is 2. The number of aromatic nitrogens is 2. The number of carbonyl (C=O) groups excluding carboxylic acids is 4. The summed E-state index contributed by atoms with van der Waals surface area (Å²) in [6.45, 7) is 11.0. The highest BCUT2D eigenvalue weighted by atomic mass is 35.5. The Labute approximate surface area is 341 Å². The molecular weight excluding hydrogens is 765 g/mol. The SMILES string of the molecule is C[C@@H]1CN(c2ccc(C#N)c(Cl)c2)[C@@H](C)CN1C(=O)Nc1cnc(N2CCC(CN3CCN(c4cc5c(cc4F)C(=O)N(C4CCC(=O)NC4=O)C5)CC3)CC2)nc1. The first-order valence-electron chi connectivity index (χ1n) is 20.0. The summed E-state index contributed by atoms with van der Waals surface area (Å²) in [7, 11) is 0. The Balaban J connectivity index is 0.779. The maximum absolute atomic E-state index is 15.4. The smallest absolute Gasteiger partial charge is 0.322 e. The molecule has 1 unspecified atom stereocenters. The van der Waals surface area contributed by atoms with Gasteiger partial charge in [0.25, 0.3) is 5.91 Å². The molecule has 5 aliphatic rings. The van der Waals surface area contributed by atoms with E-state index in [4.69, 9.17) is 11.6 Å². The number of hydrogen-bond acceptors (Lipinski definition) is 11. The third-order valence-electron chi connectivity index (χ3n) is 12.3. The number of rotatable bonds is 7. The standard InChI is InChI=1S/C41H47ClFN11O4/c1-25-22-53(26(2)21-52(25)31-4-3-28(18-44)33(42)16-31)41(58)47-30-19-45-40(46-20-30)51-9-7-27(8-10-51)23-49-11-13-50(14-12-49)36-15-29-24-54(39(57)32(29)17-34(36)43)35-5-6-37(55)48-38(35)56/h3-4,15-17,19-20,25-27,35H,5-14,21-24H2,1-2H3,(H,47,58)(H,48,55,56)/t25-,26+,35?/m0/s1. The van der Waals surface area contributed by atoms with Crippen LogP contribution in [-0.4, -0.2) is 125 Å². The molecule has 0 bridgehead atoms. The van der Waals surface area contributed by atoms with Gasteiger partial charge in [-0.3, -0.25) is 24.6 Å². The van der Waals surface area contributed by atoms with Gasteiger partial charge in [0.2, 0.25) is 17.8 Å². The molecule has 0 radical (unpaired) electrons. The molecule has 0 aliphatic carbocycles. The molecule has 1 aromatic heterocycles. The van der Waals surface area contributed by atoms with Crippen LogP contribution in [0.1, 0.15) is 61.0 Å². The van der Waals surface area contributed by atoms with Crippen LogP contribution >= 0.6 is 11.6 Å². The molecule has 304 valence electrons. The molecule has 8 rings (SSSR count). The van der Waals surface area contributed by atoms with E-state index >= 15 is 4.39 Å². The molecule has 15 nitrogen and oxygen atoms in total. The third kappa shape index (κ3) is 7.97. The first-order chi connectivity index (χ1) is 27.9. The van der Waals surface area contributed by atoms with E-state index < -0.39 is 17.8 Å². The normalized spacial score (nSPS) is 23.2. The number of piperidine rings is 2. The van der Waals surface area contributed by atoms with Crippen molar-refractivity contribution < 1.29 is 23.6 Å². The Morgan fingerprint density at radius 3 is 2.38 bits per heavy atom. The molecule has 17 heteroatoms. The van der Waals surface area contributed by atoms with Gasteiger partial charge in [0.1, 0.15) is 17.9 Å². The molecule has 3 aromatic rings. The summed E-state index contributed by atoms with van der Waals surface area (Å²) in [5.74, 6) is -0.488. The summed E-state index contributed by atoms with van der Waals surface area (Å²) in [5, 5.41) is 14.9. The van der Waals surface area contributed by atoms with Crippen molar-refractivity contribution in [3.63, 3.8) is 0 Å². The van der Waals surface area contributed by atoms with Crippen molar-refractivity contribution in [3.05, 3.63) is 70.3 Å². The van der Waals surface area contributed by atoms with E-state index in [1.165, 1.54) is 11.0 Å². The second kappa shape index (κ2) is 16.4. The molecule has 5 amide bonds. The van der Waals surface area contributed by atoms with Crippen molar-refractivity contribution in [2.45, 2.75) is 64.2 Å². The van der Waals surface area contributed by atoms with E-state index in [1.807, 2.05) is 22.8 Å². The lowest BCUT2D eigenvalue weighted by Crippen LogP contribution is -2.59. The number of carbonyl (C=O) groups is 4. The summed E-state index contributed by atoms with van der Waals surface area (Å²) in [5.41, 5.74) is 3.35. The number of nitriles is 1. The maximum atomic E-state index is 15.4. The maximum Gasteiger partial charge on any atom is 0.322 e. The number of amides is 5. The Bertz CT molecular complexity index is 2130. The summed E-state index contributed by atoms with van der Waals surface area (Å²) in [4.78, 5) is 71.8. The average molecular weight is 812 g/mol. The highest BCUT2D eigenvalue weighted by molar-refractivity contribution is 6.32. The van der Waals surface area contributed by atoms with Gasteiger partial charge in [-0.2, -0.15) is 5.26 Å². The van der Waals surface area contributed by atoms with E-state index in [0.29, 0.717) is 65.6 Å². The molecule has 5 aliphatic heterocycles. The van der Waals surface area contributed by atoms with Crippen LogP contribution in [0.4, 0.5) is 32.2 Å². The van der Waals surface area contributed by atoms with Crippen LogP contribution < -0.4 is 25.3 Å². The zero-order valence-corrected chi connectivity index (χ0v) is 33.4. The van der Waals surface area contributed by atoms with Gasteiger partial charge in [0.15, 0.2) is 0 Å². The van der Waals surface area contributed by atoms with E-state index in [0.717, 1.165) is 51.3 Å². The number of anilines is 4.